The van der Waals surface area contributed by atoms with Gasteiger partial charge in [-0.1, -0.05) is 0 Å². The van der Waals surface area contributed by atoms with Gasteiger partial charge in [0.2, 0.25) is 0 Å². The molecule has 0 aromatic carbocycles. The van der Waals surface area contributed by atoms with Gasteiger partial charge in [-0.05, 0) is 30.9 Å². The van der Waals surface area contributed by atoms with E-state index in [-0.39, 0.29) is 23.5 Å². The van der Waals surface area contributed by atoms with Gasteiger partial charge in [-0.3, -0.25) is 9.59 Å². The summed E-state index contributed by atoms with van der Waals surface area (Å²) < 4.78 is 5.25. The Bertz CT molecular complexity index is 751. The number of thiophene rings is 1. The quantitative estimate of drug-likeness (QED) is 0.922. The van der Waals surface area contributed by atoms with E-state index in [9.17, 15) is 14.7 Å². The molecule has 0 aliphatic carbocycles. The third-order valence-electron chi connectivity index (χ3n) is 4.19. The molecule has 1 atom stereocenters. The minimum absolute atomic E-state index is 0.0570. The fourth-order valence-corrected chi connectivity index (χ4v) is 3.70. The smallest absolute Gasteiger partial charge is 0.289 e. The van der Waals surface area contributed by atoms with Crippen molar-refractivity contribution < 1.29 is 19.1 Å². The first-order chi connectivity index (χ1) is 11.4. The molecular weight excluding hydrogens is 328 g/mol. The lowest BCUT2D eigenvalue weighted by molar-refractivity contribution is 0.0735. The predicted molar refractivity (Wildman–Crippen MR) is 90.4 cm³/mol. The largest absolute Gasteiger partial charge is 0.507 e. The van der Waals surface area contributed by atoms with Crippen molar-refractivity contribution in [3.63, 3.8) is 0 Å². The molecule has 1 unspecified atom stereocenters. The highest BCUT2D eigenvalue weighted by molar-refractivity contribution is 7.12. The summed E-state index contributed by atoms with van der Waals surface area (Å²) in [6, 6.07) is 3.22. The zero-order valence-electron chi connectivity index (χ0n) is 13.7. The maximum Gasteiger partial charge on any atom is 0.289 e. The van der Waals surface area contributed by atoms with Crippen LogP contribution in [0.2, 0.25) is 0 Å². The van der Waals surface area contributed by atoms with Crippen LogP contribution in [0.25, 0.3) is 0 Å². The molecule has 128 valence electrons. The van der Waals surface area contributed by atoms with E-state index in [1.165, 1.54) is 17.4 Å². The zero-order chi connectivity index (χ0) is 17.3. The lowest BCUT2D eigenvalue weighted by Gasteiger charge is -2.21. The molecule has 2 aromatic heterocycles. The second kappa shape index (κ2) is 6.68. The molecule has 1 aliphatic rings. The number of likely N-dealkylation sites (tertiary alicyclic amines) is 1. The number of hydrogen-bond acceptors (Lipinski definition) is 5. The summed E-state index contributed by atoms with van der Waals surface area (Å²) >= 11 is 1.25. The van der Waals surface area contributed by atoms with Crippen molar-refractivity contribution >= 4 is 23.2 Å². The molecular formula is C17H20N2O4S. The van der Waals surface area contributed by atoms with Crippen molar-refractivity contribution in [2.45, 2.75) is 13.3 Å². The average Bonchev–Trinajstić information content (AvgIpc) is 3.27. The molecule has 1 fully saturated rings. The fraction of sp³-hybridized carbons (Fsp3) is 0.412. The summed E-state index contributed by atoms with van der Waals surface area (Å²) in [7, 11) is 1.75. The number of hydrogen-bond donors (Lipinski definition) is 1. The molecule has 3 rings (SSSR count). The van der Waals surface area contributed by atoms with Crippen LogP contribution >= 0.6 is 11.3 Å². The van der Waals surface area contributed by atoms with Gasteiger partial charge in [0.15, 0.2) is 5.76 Å². The highest BCUT2D eigenvalue weighted by Gasteiger charge is 2.29. The number of aryl methyl sites for hydroxylation is 1. The Morgan fingerprint density at radius 3 is 2.88 bits per heavy atom. The molecule has 7 heteroatoms. The van der Waals surface area contributed by atoms with Crippen molar-refractivity contribution in [3.8, 4) is 5.75 Å². The second-order valence-corrected chi connectivity index (χ2v) is 7.16. The lowest BCUT2D eigenvalue weighted by Crippen LogP contribution is -2.34. The SMILES string of the molecule is Cc1coc(C(=O)N(C)CC2CCN(C(=O)c3cc(O)cs3)C2)c1. The summed E-state index contributed by atoms with van der Waals surface area (Å²) in [4.78, 5) is 28.7. The predicted octanol–water partition coefficient (Wildman–Crippen LogP) is 2.59. The first-order valence-corrected chi connectivity index (χ1v) is 8.69. The average molecular weight is 348 g/mol. The first-order valence-electron chi connectivity index (χ1n) is 7.81. The van der Waals surface area contributed by atoms with Crippen molar-refractivity contribution in [1.82, 2.24) is 9.80 Å². The summed E-state index contributed by atoms with van der Waals surface area (Å²) in [5.41, 5.74) is 0.920. The summed E-state index contributed by atoms with van der Waals surface area (Å²) in [5.74, 6) is 0.509. The maximum atomic E-state index is 12.4. The standard InChI is InChI=1S/C17H20N2O4S/c1-11-5-14(23-9-11)16(21)18(2)7-12-3-4-19(8-12)17(22)15-6-13(20)10-24-15/h5-6,9-10,12,20H,3-4,7-8H2,1-2H3. The monoisotopic (exact) mass is 348 g/mol. The number of rotatable bonds is 4. The van der Waals surface area contributed by atoms with Gasteiger partial charge in [-0.25, -0.2) is 0 Å². The van der Waals surface area contributed by atoms with Crippen LogP contribution in [0.15, 0.2) is 28.2 Å². The number of furan rings is 1. The fourth-order valence-electron chi connectivity index (χ4n) is 2.96. The molecule has 0 saturated carbocycles. The summed E-state index contributed by atoms with van der Waals surface area (Å²) in [6.45, 7) is 3.75. The Morgan fingerprint density at radius 2 is 2.25 bits per heavy atom. The number of aromatic hydroxyl groups is 1. The number of amides is 2. The Morgan fingerprint density at radius 1 is 1.46 bits per heavy atom. The molecule has 2 amide bonds. The molecule has 1 aliphatic heterocycles. The van der Waals surface area contributed by atoms with Crippen LogP contribution in [-0.2, 0) is 0 Å². The van der Waals surface area contributed by atoms with E-state index < -0.39 is 0 Å². The molecule has 0 spiro atoms. The van der Waals surface area contributed by atoms with Crippen molar-refractivity contribution in [1.29, 1.82) is 0 Å². The van der Waals surface area contributed by atoms with Crippen LogP contribution < -0.4 is 0 Å². The van der Waals surface area contributed by atoms with Gasteiger partial charge in [-0.15, -0.1) is 11.3 Å². The summed E-state index contributed by atoms with van der Waals surface area (Å²) in [6.07, 6.45) is 2.42. The molecule has 1 N–H and O–H groups in total. The van der Waals surface area contributed by atoms with Gasteiger partial charge in [0.25, 0.3) is 11.8 Å². The Kier molecular flexibility index (Phi) is 4.62. The maximum absolute atomic E-state index is 12.4. The van der Waals surface area contributed by atoms with E-state index in [1.807, 2.05) is 6.92 Å². The third-order valence-corrected chi connectivity index (χ3v) is 5.10. The molecule has 2 aromatic rings. The topological polar surface area (TPSA) is 74.0 Å². The van der Waals surface area contributed by atoms with E-state index >= 15 is 0 Å². The van der Waals surface area contributed by atoms with Crippen molar-refractivity contribution in [2.24, 2.45) is 5.92 Å². The minimum Gasteiger partial charge on any atom is -0.507 e. The molecule has 6 nitrogen and oxygen atoms in total. The number of carbonyl (C=O) groups excluding carboxylic acids is 2. The van der Waals surface area contributed by atoms with Gasteiger partial charge < -0.3 is 19.3 Å². The van der Waals surface area contributed by atoms with Gasteiger partial charge in [0.1, 0.15) is 5.75 Å². The first kappa shape index (κ1) is 16.6. The van der Waals surface area contributed by atoms with Crippen LogP contribution in [-0.4, -0.2) is 53.4 Å². The Labute approximate surface area is 144 Å². The number of carbonyl (C=O) groups is 2. The van der Waals surface area contributed by atoms with E-state index in [0.29, 0.717) is 30.3 Å². The van der Waals surface area contributed by atoms with E-state index in [4.69, 9.17) is 4.42 Å². The zero-order valence-corrected chi connectivity index (χ0v) is 14.5. The summed E-state index contributed by atoms with van der Waals surface area (Å²) in [5, 5.41) is 10.9. The van der Waals surface area contributed by atoms with Crippen LogP contribution in [0.1, 0.15) is 32.2 Å². The molecule has 3 heterocycles. The van der Waals surface area contributed by atoms with E-state index in [0.717, 1.165) is 12.0 Å². The second-order valence-electron chi connectivity index (χ2n) is 6.25. The molecule has 0 radical (unpaired) electrons. The van der Waals surface area contributed by atoms with E-state index in [2.05, 4.69) is 0 Å². The van der Waals surface area contributed by atoms with Crippen molar-refractivity contribution in [3.05, 3.63) is 40.0 Å². The lowest BCUT2D eigenvalue weighted by atomic mass is 10.1. The van der Waals surface area contributed by atoms with E-state index in [1.54, 1.807) is 34.6 Å². The van der Waals surface area contributed by atoms with Gasteiger partial charge in [0, 0.05) is 38.1 Å². The number of nitrogens with zero attached hydrogens (tertiary/aromatic N) is 2. The molecule has 0 bridgehead atoms. The van der Waals surface area contributed by atoms with Crippen LogP contribution in [0, 0.1) is 12.8 Å². The highest BCUT2D eigenvalue weighted by atomic mass is 32.1. The van der Waals surface area contributed by atoms with Crippen LogP contribution in [0.4, 0.5) is 0 Å². The minimum atomic E-state index is -0.143. The molecule has 24 heavy (non-hydrogen) atoms. The normalized spacial score (nSPS) is 17.2. The van der Waals surface area contributed by atoms with Gasteiger partial charge >= 0.3 is 0 Å². The Hall–Kier alpha value is -2.28. The Balaban J connectivity index is 1.56. The van der Waals surface area contributed by atoms with Gasteiger partial charge in [-0.2, -0.15) is 0 Å². The highest BCUT2D eigenvalue weighted by Crippen LogP contribution is 2.25. The molecule has 1 saturated heterocycles. The van der Waals surface area contributed by atoms with Crippen LogP contribution in [0.5, 0.6) is 5.75 Å². The van der Waals surface area contributed by atoms with Crippen molar-refractivity contribution in [2.75, 3.05) is 26.7 Å². The van der Waals surface area contributed by atoms with Gasteiger partial charge in [0.05, 0.1) is 11.1 Å². The third kappa shape index (κ3) is 3.46. The van der Waals surface area contributed by atoms with Crippen LogP contribution in [0.3, 0.4) is 0 Å².